The summed E-state index contributed by atoms with van der Waals surface area (Å²) >= 11 is 6.35. The molecule has 0 radical (unpaired) electrons. The van der Waals surface area contributed by atoms with E-state index in [2.05, 4.69) is 25.7 Å². The molecule has 3 atom stereocenters. The molecule has 5 aromatic rings. The molecule has 1 aromatic carbocycles. The Morgan fingerprint density at radius 1 is 1.18 bits per heavy atom. The number of ether oxygens (including phenoxy) is 1. The Balaban J connectivity index is 1.43. The van der Waals surface area contributed by atoms with Gasteiger partial charge in [-0.25, -0.2) is 18.5 Å². The van der Waals surface area contributed by atoms with Crippen LogP contribution in [0.5, 0.6) is 5.88 Å². The van der Waals surface area contributed by atoms with E-state index in [-0.39, 0.29) is 11.8 Å². The van der Waals surface area contributed by atoms with E-state index >= 15 is 0 Å². The van der Waals surface area contributed by atoms with Crippen LogP contribution in [-0.2, 0) is 4.79 Å². The van der Waals surface area contributed by atoms with Gasteiger partial charge in [0.25, 0.3) is 5.88 Å². The van der Waals surface area contributed by atoms with Gasteiger partial charge in [-0.15, -0.1) is 0 Å². The average molecular weight is 632 g/mol. The summed E-state index contributed by atoms with van der Waals surface area (Å²) in [5.41, 5.74) is 3.07. The lowest BCUT2D eigenvalue weighted by molar-refractivity contribution is -0.119. The Kier molecular flexibility index (Phi) is 8.48. The number of alkyl halides is 1. The summed E-state index contributed by atoms with van der Waals surface area (Å²) in [6.45, 7) is 5.50. The molecule has 2 bridgehead atoms. The van der Waals surface area contributed by atoms with Gasteiger partial charge in [-0.05, 0) is 69.2 Å². The summed E-state index contributed by atoms with van der Waals surface area (Å²) in [7, 11) is 0. The van der Waals surface area contributed by atoms with E-state index in [9.17, 15) is 14.0 Å². The molecular formula is C32H31ClFN7O4. The highest BCUT2D eigenvalue weighted by Gasteiger charge is 2.26. The number of carbonyl (C=O) groups is 1. The van der Waals surface area contributed by atoms with Crippen LogP contribution in [0, 0.1) is 5.92 Å². The number of nitrogens with zero attached hydrogens (tertiary/aromatic N) is 6. The molecule has 4 aromatic heterocycles. The molecule has 13 heteroatoms. The maximum Gasteiger partial charge on any atom is 0.340 e. The second-order valence-electron chi connectivity index (χ2n) is 10.9. The standard InChI is InChI=1S/C32H31ClFN7O4/c1-4-44-29-17-40(39-38-29)27-10-8-21(33)15-24(27)28-11-9-23(32(43)45-28)22-7-5-6-18(2)31(42)37-26-16-36-41(19(3)34)30(26)20-12-13-35-25(22)14-20/h8-19,22H,4-7H2,1-3H3,(H,37,42)/t18-,19?,22-/m1/s1. The molecule has 6 rings (SSSR count). The predicted molar refractivity (Wildman–Crippen MR) is 166 cm³/mol. The van der Waals surface area contributed by atoms with Gasteiger partial charge in [-0.1, -0.05) is 35.3 Å². The van der Waals surface area contributed by atoms with Gasteiger partial charge in [0.15, 0.2) is 6.30 Å². The van der Waals surface area contributed by atoms with Crippen LogP contribution in [-0.4, -0.2) is 42.3 Å². The number of amides is 1. The average Bonchev–Trinajstić information content (AvgIpc) is 3.67. The molecule has 232 valence electrons. The van der Waals surface area contributed by atoms with Crippen LogP contribution >= 0.6 is 11.6 Å². The Hall–Kier alpha value is -4.84. The number of benzene rings is 1. The third-order valence-corrected chi connectivity index (χ3v) is 8.08. The van der Waals surface area contributed by atoms with Crippen LogP contribution in [0.2, 0.25) is 5.02 Å². The van der Waals surface area contributed by atoms with Crippen molar-refractivity contribution in [1.29, 1.82) is 0 Å². The number of anilines is 1. The zero-order chi connectivity index (χ0) is 31.7. The Bertz CT molecular complexity index is 1920. The van der Waals surface area contributed by atoms with E-state index in [4.69, 9.17) is 20.8 Å². The number of carbonyl (C=O) groups excluding carboxylic acids is 1. The topological polar surface area (TPSA) is 130 Å². The van der Waals surface area contributed by atoms with E-state index in [0.717, 1.165) is 0 Å². The molecule has 1 aliphatic heterocycles. The number of rotatable bonds is 6. The highest BCUT2D eigenvalue weighted by atomic mass is 35.5. The number of hydrogen-bond donors (Lipinski definition) is 1. The maximum atomic E-state index is 14.6. The molecule has 0 spiro atoms. The van der Waals surface area contributed by atoms with Gasteiger partial charge in [0.05, 0.1) is 36.1 Å². The zero-order valence-corrected chi connectivity index (χ0v) is 25.7. The first-order valence-corrected chi connectivity index (χ1v) is 15.1. The van der Waals surface area contributed by atoms with E-state index in [1.165, 1.54) is 22.5 Å². The number of hydrogen-bond acceptors (Lipinski definition) is 8. The largest absolute Gasteiger partial charge is 0.476 e. The zero-order valence-electron chi connectivity index (χ0n) is 24.9. The van der Waals surface area contributed by atoms with Gasteiger partial charge in [-0.3, -0.25) is 9.78 Å². The Morgan fingerprint density at radius 3 is 2.80 bits per heavy atom. The monoisotopic (exact) mass is 631 g/mol. The molecule has 0 saturated carbocycles. The van der Waals surface area contributed by atoms with Crippen molar-refractivity contribution in [2.45, 2.75) is 52.2 Å². The number of nitrogens with one attached hydrogen (secondary N) is 1. The lowest BCUT2D eigenvalue weighted by Crippen LogP contribution is -2.22. The summed E-state index contributed by atoms with van der Waals surface area (Å²) in [4.78, 5) is 31.4. The first kappa shape index (κ1) is 30.2. The van der Waals surface area contributed by atoms with Gasteiger partial charge < -0.3 is 14.5 Å². The van der Waals surface area contributed by atoms with Crippen molar-refractivity contribution in [1.82, 2.24) is 29.8 Å². The quantitative estimate of drug-likeness (QED) is 0.223. The third-order valence-electron chi connectivity index (χ3n) is 7.84. The van der Waals surface area contributed by atoms with Gasteiger partial charge in [-0.2, -0.15) is 5.10 Å². The van der Waals surface area contributed by atoms with Crippen LogP contribution in [0.4, 0.5) is 10.1 Å². The van der Waals surface area contributed by atoms with Crippen LogP contribution in [0.3, 0.4) is 0 Å². The van der Waals surface area contributed by atoms with Crippen molar-refractivity contribution < 1.29 is 18.3 Å². The fourth-order valence-electron chi connectivity index (χ4n) is 5.59. The summed E-state index contributed by atoms with van der Waals surface area (Å²) in [6.07, 6.45) is 5.01. The van der Waals surface area contributed by atoms with Crippen molar-refractivity contribution in [3.8, 4) is 34.1 Å². The molecule has 0 fully saturated rings. The van der Waals surface area contributed by atoms with Crippen molar-refractivity contribution in [2.75, 3.05) is 11.9 Å². The predicted octanol–water partition coefficient (Wildman–Crippen LogP) is 6.58. The van der Waals surface area contributed by atoms with E-state index in [1.54, 1.807) is 48.8 Å². The molecule has 1 aliphatic rings. The molecule has 1 unspecified atom stereocenters. The fourth-order valence-corrected chi connectivity index (χ4v) is 5.76. The molecule has 0 aliphatic carbocycles. The molecule has 0 saturated heterocycles. The summed E-state index contributed by atoms with van der Waals surface area (Å²) in [5, 5.41) is 15.7. The van der Waals surface area contributed by atoms with Crippen LogP contribution in [0.15, 0.2) is 70.3 Å². The second kappa shape index (κ2) is 12.6. The molecule has 1 N–H and O–H groups in total. The van der Waals surface area contributed by atoms with Crippen molar-refractivity contribution >= 4 is 23.2 Å². The Morgan fingerprint density at radius 2 is 2.02 bits per heavy atom. The number of aromatic nitrogens is 6. The minimum Gasteiger partial charge on any atom is -0.476 e. The minimum atomic E-state index is -1.44. The fraction of sp³-hybridized carbons (Fsp3) is 0.312. The van der Waals surface area contributed by atoms with Crippen LogP contribution < -0.4 is 15.7 Å². The maximum absolute atomic E-state index is 14.6. The smallest absolute Gasteiger partial charge is 0.340 e. The normalized spacial score (nSPS) is 17.5. The summed E-state index contributed by atoms with van der Waals surface area (Å²) in [5.74, 6) is -0.308. The summed E-state index contributed by atoms with van der Waals surface area (Å²) < 4.78 is 28.7. The Labute approximate surface area is 263 Å². The molecular weight excluding hydrogens is 601 g/mol. The number of pyridine rings is 1. The van der Waals surface area contributed by atoms with Crippen molar-refractivity contribution in [3.05, 3.63) is 87.8 Å². The van der Waals surface area contributed by atoms with Gasteiger partial charge in [0.1, 0.15) is 5.76 Å². The molecule has 1 amide bonds. The molecule has 45 heavy (non-hydrogen) atoms. The third kappa shape index (κ3) is 6.10. The first-order chi connectivity index (χ1) is 21.7. The molecule has 11 nitrogen and oxygen atoms in total. The lowest BCUT2D eigenvalue weighted by Gasteiger charge is -2.20. The number of halogens is 2. The second-order valence-corrected chi connectivity index (χ2v) is 11.3. The lowest BCUT2D eigenvalue weighted by atomic mass is 9.88. The highest BCUT2D eigenvalue weighted by Crippen LogP contribution is 2.36. The molecule has 5 heterocycles. The van der Waals surface area contributed by atoms with Gasteiger partial charge in [0.2, 0.25) is 5.91 Å². The summed E-state index contributed by atoms with van der Waals surface area (Å²) in [6, 6.07) is 12.2. The van der Waals surface area contributed by atoms with Crippen molar-refractivity contribution in [3.63, 3.8) is 0 Å². The van der Waals surface area contributed by atoms with Gasteiger partial charge in [0, 0.05) is 45.4 Å². The van der Waals surface area contributed by atoms with E-state index in [1.807, 2.05) is 19.9 Å². The van der Waals surface area contributed by atoms with Crippen molar-refractivity contribution in [2.24, 2.45) is 5.92 Å². The number of fused-ring (bicyclic) bond motifs is 4. The first-order valence-electron chi connectivity index (χ1n) is 14.7. The van der Waals surface area contributed by atoms with Crippen LogP contribution in [0.1, 0.15) is 63.5 Å². The SMILES string of the molecule is CCOc1cn(-c2ccc(Cl)cc2-c2ccc([C@H]3CCC[C@@H](C)C(=O)Nc4cnn(C(C)F)c4-c4ccnc3c4)c(=O)o2)nn1. The van der Waals surface area contributed by atoms with Gasteiger partial charge >= 0.3 is 5.63 Å². The minimum absolute atomic E-state index is 0.185. The highest BCUT2D eigenvalue weighted by molar-refractivity contribution is 6.31. The van der Waals surface area contributed by atoms with E-state index < -0.39 is 17.8 Å². The van der Waals surface area contributed by atoms with Crippen LogP contribution in [0.25, 0.3) is 28.3 Å². The van der Waals surface area contributed by atoms with E-state index in [0.29, 0.717) is 82.0 Å².